The largest absolute Gasteiger partial charge is 0.507 e. The van der Waals surface area contributed by atoms with Gasteiger partial charge in [-0.2, -0.15) is 0 Å². The second-order valence-corrected chi connectivity index (χ2v) is 6.44. The molecule has 114 valence electrons. The average molecular weight is 279 g/mol. The van der Waals surface area contributed by atoms with E-state index in [2.05, 4.69) is 46.9 Å². The van der Waals surface area contributed by atoms with E-state index < -0.39 is 6.10 Å². The maximum absolute atomic E-state index is 10.4. The van der Waals surface area contributed by atoms with Gasteiger partial charge in [0, 0.05) is 12.6 Å². The van der Waals surface area contributed by atoms with Gasteiger partial charge in [-0.15, -0.1) is 0 Å². The molecule has 0 aliphatic heterocycles. The number of hydrogen-bond donors (Lipinski definition) is 3. The van der Waals surface area contributed by atoms with Crippen molar-refractivity contribution in [1.82, 2.24) is 5.32 Å². The van der Waals surface area contributed by atoms with Crippen LogP contribution < -0.4 is 5.32 Å². The molecule has 1 rings (SSSR count). The third-order valence-electron chi connectivity index (χ3n) is 3.54. The molecule has 0 aromatic heterocycles. The molecule has 1 unspecified atom stereocenters. The Morgan fingerprint density at radius 1 is 0.950 bits per heavy atom. The SMILES string of the molecule is CC(C)NCC(O)c1cc(C(C)C)c(O)c(C(C)C)c1. The number of hydrogen-bond acceptors (Lipinski definition) is 3. The highest BCUT2D eigenvalue weighted by molar-refractivity contribution is 5.47. The van der Waals surface area contributed by atoms with Crippen LogP contribution in [-0.2, 0) is 0 Å². The van der Waals surface area contributed by atoms with E-state index in [0.717, 1.165) is 16.7 Å². The van der Waals surface area contributed by atoms with E-state index in [1.807, 2.05) is 12.1 Å². The summed E-state index contributed by atoms with van der Waals surface area (Å²) >= 11 is 0. The minimum Gasteiger partial charge on any atom is -0.507 e. The van der Waals surface area contributed by atoms with Crippen LogP contribution in [0, 0.1) is 0 Å². The van der Waals surface area contributed by atoms with E-state index in [1.165, 1.54) is 0 Å². The van der Waals surface area contributed by atoms with Crippen LogP contribution in [0.3, 0.4) is 0 Å². The minimum atomic E-state index is -0.548. The van der Waals surface area contributed by atoms with Crippen LogP contribution in [0.5, 0.6) is 5.75 Å². The van der Waals surface area contributed by atoms with Gasteiger partial charge in [0.1, 0.15) is 5.75 Å². The number of phenolic OH excluding ortho intramolecular Hbond substituents is 1. The first-order valence-corrected chi connectivity index (χ1v) is 7.52. The quantitative estimate of drug-likeness (QED) is 0.744. The van der Waals surface area contributed by atoms with Gasteiger partial charge in [0.15, 0.2) is 0 Å². The highest BCUT2D eigenvalue weighted by Crippen LogP contribution is 2.36. The first-order valence-electron chi connectivity index (χ1n) is 7.52. The molecule has 0 bridgehead atoms. The topological polar surface area (TPSA) is 52.5 Å². The summed E-state index contributed by atoms with van der Waals surface area (Å²) in [6, 6.07) is 4.20. The van der Waals surface area contributed by atoms with Gasteiger partial charge in [0.2, 0.25) is 0 Å². The molecule has 0 fully saturated rings. The van der Waals surface area contributed by atoms with Crippen molar-refractivity contribution < 1.29 is 10.2 Å². The molecule has 0 saturated heterocycles. The second kappa shape index (κ2) is 7.09. The van der Waals surface area contributed by atoms with Crippen molar-refractivity contribution in [3.8, 4) is 5.75 Å². The van der Waals surface area contributed by atoms with Gasteiger partial charge in [-0.25, -0.2) is 0 Å². The summed E-state index contributed by atoms with van der Waals surface area (Å²) in [5.41, 5.74) is 2.70. The summed E-state index contributed by atoms with van der Waals surface area (Å²) < 4.78 is 0. The van der Waals surface area contributed by atoms with Crippen LogP contribution >= 0.6 is 0 Å². The zero-order valence-electron chi connectivity index (χ0n) is 13.6. The van der Waals surface area contributed by atoms with Crippen LogP contribution in [-0.4, -0.2) is 22.8 Å². The fraction of sp³-hybridized carbons (Fsp3) is 0.647. The lowest BCUT2D eigenvalue weighted by molar-refractivity contribution is 0.171. The van der Waals surface area contributed by atoms with Gasteiger partial charge in [-0.05, 0) is 40.7 Å². The number of phenols is 1. The average Bonchev–Trinajstić information content (AvgIpc) is 2.35. The lowest BCUT2D eigenvalue weighted by Crippen LogP contribution is -2.28. The smallest absolute Gasteiger partial charge is 0.122 e. The van der Waals surface area contributed by atoms with Crippen molar-refractivity contribution in [2.75, 3.05) is 6.54 Å². The maximum atomic E-state index is 10.4. The first-order chi connectivity index (χ1) is 9.23. The summed E-state index contributed by atoms with van der Waals surface area (Å²) in [5.74, 6) is 0.846. The predicted molar refractivity (Wildman–Crippen MR) is 84.4 cm³/mol. The summed E-state index contributed by atoms with van der Waals surface area (Å²) in [4.78, 5) is 0. The molecular weight excluding hydrogens is 250 g/mol. The van der Waals surface area contributed by atoms with Crippen molar-refractivity contribution in [2.24, 2.45) is 0 Å². The van der Waals surface area contributed by atoms with Gasteiger partial charge in [0.05, 0.1) is 6.10 Å². The van der Waals surface area contributed by atoms with Crippen molar-refractivity contribution in [1.29, 1.82) is 0 Å². The molecule has 0 radical (unpaired) electrons. The van der Waals surface area contributed by atoms with E-state index >= 15 is 0 Å². The number of rotatable bonds is 6. The van der Waals surface area contributed by atoms with Crippen LogP contribution in [0.25, 0.3) is 0 Å². The molecule has 1 atom stereocenters. The van der Waals surface area contributed by atoms with Crippen LogP contribution in [0.15, 0.2) is 12.1 Å². The normalized spacial score (nSPS) is 13.5. The van der Waals surface area contributed by atoms with Crippen LogP contribution in [0.2, 0.25) is 0 Å². The number of aliphatic hydroxyl groups is 1. The summed E-state index contributed by atoms with van der Waals surface area (Å²) in [6.45, 7) is 12.9. The molecule has 3 nitrogen and oxygen atoms in total. The highest BCUT2D eigenvalue weighted by atomic mass is 16.3. The van der Waals surface area contributed by atoms with Gasteiger partial charge in [0.25, 0.3) is 0 Å². The number of benzene rings is 1. The van der Waals surface area contributed by atoms with Crippen LogP contribution in [0.4, 0.5) is 0 Å². The number of aromatic hydroxyl groups is 1. The van der Waals surface area contributed by atoms with Crippen molar-refractivity contribution in [3.05, 3.63) is 28.8 Å². The molecule has 3 N–H and O–H groups in total. The lowest BCUT2D eigenvalue weighted by Gasteiger charge is -2.21. The number of aliphatic hydroxyl groups excluding tert-OH is 1. The predicted octanol–water partition coefficient (Wildman–Crippen LogP) is 3.67. The standard InChI is InChI=1S/C17H29NO2/c1-10(2)14-7-13(16(19)9-18-12(5)6)8-15(11(3)4)17(14)20/h7-8,10-12,16,18-20H,9H2,1-6H3. The fourth-order valence-corrected chi connectivity index (χ4v) is 2.24. The lowest BCUT2D eigenvalue weighted by atomic mass is 9.90. The Hall–Kier alpha value is -1.06. The Balaban J connectivity index is 3.13. The van der Waals surface area contributed by atoms with Gasteiger partial charge < -0.3 is 15.5 Å². The van der Waals surface area contributed by atoms with Gasteiger partial charge in [-0.3, -0.25) is 0 Å². The summed E-state index contributed by atoms with van der Waals surface area (Å²) in [6.07, 6.45) is -0.548. The third-order valence-corrected chi connectivity index (χ3v) is 3.54. The Morgan fingerprint density at radius 2 is 1.40 bits per heavy atom. The third kappa shape index (κ3) is 4.22. The molecule has 20 heavy (non-hydrogen) atoms. The zero-order valence-corrected chi connectivity index (χ0v) is 13.6. The van der Waals surface area contributed by atoms with Crippen molar-refractivity contribution in [2.45, 2.75) is 65.5 Å². The highest BCUT2D eigenvalue weighted by Gasteiger charge is 2.18. The van der Waals surface area contributed by atoms with E-state index in [-0.39, 0.29) is 11.8 Å². The molecule has 1 aromatic rings. The van der Waals surface area contributed by atoms with Crippen molar-refractivity contribution >= 4 is 0 Å². The molecule has 3 heteroatoms. The molecule has 0 amide bonds. The summed E-state index contributed by atoms with van der Waals surface area (Å²) in [5, 5.41) is 23.9. The molecular formula is C17H29NO2. The maximum Gasteiger partial charge on any atom is 0.122 e. The van der Waals surface area contributed by atoms with Gasteiger partial charge in [-0.1, -0.05) is 41.5 Å². The Bertz CT molecular complexity index is 410. The Labute approximate surface area is 123 Å². The van der Waals surface area contributed by atoms with E-state index in [1.54, 1.807) is 0 Å². The second-order valence-electron chi connectivity index (χ2n) is 6.44. The van der Waals surface area contributed by atoms with Crippen molar-refractivity contribution in [3.63, 3.8) is 0 Å². The molecule has 0 heterocycles. The molecule has 0 aliphatic carbocycles. The van der Waals surface area contributed by atoms with Crippen LogP contribution in [0.1, 0.15) is 76.2 Å². The van der Waals surface area contributed by atoms with E-state index in [4.69, 9.17) is 0 Å². The fourth-order valence-electron chi connectivity index (χ4n) is 2.24. The zero-order chi connectivity index (χ0) is 15.4. The minimum absolute atomic E-state index is 0.234. The monoisotopic (exact) mass is 279 g/mol. The Kier molecular flexibility index (Phi) is 6.03. The molecule has 0 saturated carbocycles. The first kappa shape index (κ1) is 17.0. The van der Waals surface area contributed by atoms with E-state index in [0.29, 0.717) is 18.3 Å². The van der Waals surface area contributed by atoms with Gasteiger partial charge >= 0.3 is 0 Å². The number of nitrogens with one attached hydrogen (secondary N) is 1. The summed E-state index contributed by atoms with van der Waals surface area (Å²) in [7, 11) is 0. The molecule has 0 aliphatic rings. The Morgan fingerprint density at radius 3 is 1.75 bits per heavy atom. The van der Waals surface area contributed by atoms with E-state index in [9.17, 15) is 10.2 Å². The molecule has 1 aromatic carbocycles. The molecule has 0 spiro atoms.